The van der Waals surface area contributed by atoms with Crippen molar-refractivity contribution in [2.24, 2.45) is 0 Å². The molecule has 0 radical (unpaired) electrons. The molecular weight excluding hydrogens is 350 g/mol. The zero-order valence-corrected chi connectivity index (χ0v) is 14.5. The second-order valence-electron chi connectivity index (χ2n) is 5.80. The van der Waals surface area contributed by atoms with E-state index in [0.29, 0.717) is 5.69 Å². The zero-order chi connectivity index (χ0) is 18.1. The van der Waals surface area contributed by atoms with Crippen LogP contribution in [0.25, 0.3) is 0 Å². The van der Waals surface area contributed by atoms with Crippen LogP contribution in [0, 0.1) is 0 Å². The maximum atomic E-state index is 13.2. The average Bonchev–Trinajstić information content (AvgIpc) is 2.67. The lowest BCUT2D eigenvalue weighted by Crippen LogP contribution is -2.50. The van der Waals surface area contributed by atoms with Gasteiger partial charge in [-0.05, 0) is 29.8 Å². The van der Waals surface area contributed by atoms with Crippen LogP contribution in [-0.2, 0) is 16.6 Å². The van der Waals surface area contributed by atoms with Crippen LogP contribution < -0.4 is 9.21 Å². The van der Waals surface area contributed by atoms with Crippen LogP contribution >= 0.6 is 0 Å². The van der Waals surface area contributed by atoms with Gasteiger partial charge in [0.2, 0.25) is 0 Å². The number of para-hydroxylation sites is 1. The lowest BCUT2D eigenvalue weighted by Gasteiger charge is -2.36. The number of nitrogens with zero attached hydrogens (tertiary/aromatic N) is 3. The molecule has 1 aliphatic rings. The molecule has 0 spiro atoms. The number of amides is 2. The summed E-state index contributed by atoms with van der Waals surface area (Å²) in [4.78, 5) is 18.7. The molecule has 3 aromatic rings. The summed E-state index contributed by atoms with van der Waals surface area (Å²) < 4.78 is 26.9. The number of fused-ring (bicyclic) bond motifs is 1. The van der Waals surface area contributed by atoms with Crippen LogP contribution in [0.2, 0.25) is 0 Å². The first-order chi connectivity index (χ1) is 12.6. The van der Waals surface area contributed by atoms with Crippen molar-refractivity contribution in [1.29, 1.82) is 0 Å². The lowest BCUT2D eigenvalue weighted by atomic mass is 10.2. The summed E-state index contributed by atoms with van der Waals surface area (Å²) in [5.41, 5.74) is 1.49. The van der Waals surface area contributed by atoms with E-state index >= 15 is 0 Å². The van der Waals surface area contributed by atoms with E-state index in [0.717, 1.165) is 9.87 Å². The van der Waals surface area contributed by atoms with Crippen molar-refractivity contribution in [2.45, 2.75) is 11.4 Å². The Bertz CT molecular complexity index is 1050. The smallest absolute Gasteiger partial charge is 0.287 e. The van der Waals surface area contributed by atoms with Crippen molar-refractivity contribution in [3.05, 3.63) is 84.7 Å². The van der Waals surface area contributed by atoms with Crippen molar-refractivity contribution >= 4 is 27.4 Å². The van der Waals surface area contributed by atoms with E-state index in [9.17, 15) is 13.2 Å². The maximum Gasteiger partial charge on any atom is 0.343 e. The summed E-state index contributed by atoms with van der Waals surface area (Å²) in [5.74, 6) is 0. The highest BCUT2D eigenvalue weighted by Crippen LogP contribution is 2.37. The molecule has 0 saturated heterocycles. The Kier molecular flexibility index (Phi) is 3.93. The Labute approximate surface area is 151 Å². The van der Waals surface area contributed by atoms with Gasteiger partial charge in [0.05, 0.1) is 24.1 Å². The summed E-state index contributed by atoms with van der Waals surface area (Å²) in [5, 5.41) is 0. The van der Waals surface area contributed by atoms with E-state index in [1.54, 1.807) is 30.3 Å². The van der Waals surface area contributed by atoms with Gasteiger partial charge >= 0.3 is 6.03 Å². The van der Waals surface area contributed by atoms with Crippen molar-refractivity contribution in [3.8, 4) is 0 Å². The topological polar surface area (TPSA) is 70.6 Å². The first-order valence-corrected chi connectivity index (χ1v) is 9.43. The Hall–Kier alpha value is -3.19. The maximum absolute atomic E-state index is 13.2. The summed E-state index contributed by atoms with van der Waals surface area (Å²) >= 11 is 0. The first kappa shape index (κ1) is 16.3. The third kappa shape index (κ3) is 2.62. The van der Waals surface area contributed by atoms with E-state index in [1.165, 1.54) is 23.4 Å². The monoisotopic (exact) mass is 365 g/mol. The van der Waals surface area contributed by atoms with Gasteiger partial charge in [-0.1, -0.05) is 42.5 Å². The Morgan fingerprint density at radius 1 is 0.885 bits per heavy atom. The highest BCUT2D eigenvalue weighted by Gasteiger charge is 2.42. The van der Waals surface area contributed by atoms with Gasteiger partial charge in [0.25, 0.3) is 10.0 Å². The molecule has 0 N–H and O–H groups in total. The molecule has 0 fully saturated rings. The van der Waals surface area contributed by atoms with Crippen LogP contribution in [0.5, 0.6) is 0 Å². The van der Waals surface area contributed by atoms with Gasteiger partial charge in [0, 0.05) is 6.20 Å². The number of pyridine rings is 1. The Balaban J connectivity index is 1.88. The largest absolute Gasteiger partial charge is 0.343 e. The highest BCUT2D eigenvalue weighted by atomic mass is 32.2. The summed E-state index contributed by atoms with van der Waals surface area (Å²) in [6.45, 7) is 0.267. The van der Waals surface area contributed by atoms with Crippen molar-refractivity contribution in [3.63, 3.8) is 0 Å². The standard InChI is InChI=1S/C19H15N3O3S/c23-19-21(14-15-7-2-1-3-8-15)17-10-4-5-11-18(17)26(24,25)22(19)16-9-6-12-20-13-16/h1-13H,14H2. The van der Waals surface area contributed by atoms with E-state index in [2.05, 4.69) is 4.98 Å². The molecule has 1 aromatic heterocycles. The van der Waals surface area contributed by atoms with E-state index in [-0.39, 0.29) is 17.1 Å². The number of rotatable bonds is 3. The van der Waals surface area contributed by atoms with Crippen LogP contribution in [0.3, 0.4) is 0 Å². The average molecular weight is 365 g/mol. The van der Waals surface area contributed by atoms with Gasteiger partial charge in [-0.2, -0.15) is 4.31 Å². The minimum atomic E-state index is -4.01. The summed E-state index contributed by atoms with van der Waals surface area (Å²) in [6, 6.07) is 18.5. The molecule has 2 heterocycles. The van der Waals surface area contributed by atoms with Gasteiger partial charge < -0.3 is 0 Å². The fraction of sp³-hybridized carbons (Fsp3) is 0.0526. The molecule has 6 nitrogen and oxygen atoms in total. The Morgan fingerprint density at radius 3 is 2.35 bits per heavy atom. The third-order valence-corrected chi connectivity index (χ3v) is 5.89. The van der Waals surface area contributed by atoms with Gasteiger partial charge in [-0.25, -0.2) is 13.2 Å². The number of anilines is 2. The summed E-state index contributed by atoms with van der Waals surface area (Å²) in [6.07, 6.45) is 2.89. The molecule has 2 amide bonds. The second-order valence-corrected chi connectivity index (χ2v) is 7.56. The molecule has 0 bridgehead atoms. The molecule has 0 unspecified atom stereocenters. The predicted molar refractivity (Wildman–Crippen MR) is 98.4 cm³/mol. The van der Waals surface area contributed by atoms with E-state index in [1.807, 2.05) is 30.3 Å². The second kappa shape index (κ2) is 6.27. The molecule has 130 valence electrons. The van der Waals surface area contributed by atoms with E-state index < -0.39 is 16.1 Å². The molecule has 4 rings (SSSR count). The van der Waals surface area contributed by atoms with Crippen LogP contribution in [-0.4, -0.2) is 19.4 Å². The molecular formula is C19H15N3O3S. The molecule has 2 aromatic carbocycles. The fourth-order valence-corrected chi connectivity index (χ4v) is 4.53. The van der Waals surface area contributed by atoms with Crippen molar-refractivity contribution < 1.29 is 13.2 Å². The number of carbonyl (C=O) groups is 1. The van der Waals surface area contributed by atoms with Gasteiger partial charge in [-0.15, -0.1) is 0 Å². The molecule has 26 heavy (non-hydrogen) atoms. The minimum absolute atomic E-state index is 0.0967. The van der Waals surface area contributed by atoms with Crippen LogP contribution in [0.15, 0.2) is 84.0 Å². The predicted octanol–water partition coefficient (Wildman–Crippen LogP) is 3.42. The molecule has 0 atom stereocenters. The number of hydrogen-bond acceptors (Lipinski definition) is 4. The van der Waals surface area contributed by atoms with Gasteiger partial charge in [0.1, 0.15) is 4.90 Å². The minimum Gasteiger partial charge on any atom is -0.287 e. The van der Waals surface area contributed by atoms with Crippen molar-refractivity contribution in [1.82, 2.24) is 4.98 Å². The van der Waals surface area contributed by atoms with Crippen LogP contribution in [0.1, 0.15) is 5.56 Å². The van der Waals surface area contributed by atoms with Crippen molar-refractivity contribution in [2.75, 3.05) is 9.21 Å². The Morgan fingerprint density at radius 2 is 1.62 bits per heavy atom. The number of sulfonamides is 1. The SMILES string of the molecule is O=C1N(Cc2ccccc2)c2ccccc2S(=O)(=O)N1c1cccnc1. The zero-order valence-electron chi connectivity index (χ0n) is 13.7. The number of hydrogen-bond donors (Lipinski definition) is 0. The lowest BCUT2D eigenvalue weighted by molar-refractivity contribution is 0.253. The number of aromatic nitrogens is 1. The van der Waals surface area contributed by atoms with Gasteiger partial charge in [-0.3, -0.25) is 9.88 Å². The van der Waals surface area contributed by atoms with Gasteiger partial charge in [0.15, 0.2) is 0 Å². The molecule has 7 heteroatoms. The molecule has 0 saturated carbocycles. The third-order valence-electron chi connectivity index (χ3n) is 4.14. The molecule has 0 aliphatic carbocycles. The van der Waals surface area contributed by atoms with E-state index in [4.69, 9.17) is 0 Å². The summed E-state index contributed by atoms with van der Waals surface area (Å²) in [7, 11) is -4.01. The number of carbonyl (C=O) groups excluding carboxylic acids is 1. The van der Waals surface area contributed by atoms with Crippen LogP contribution in [0.4, 0.5) is 16.2 Å². The first-order valence-electron chi connectivity index (χ1n) is 7.99. The fourth-order valence-electron chi connectivity index (χ4n) is 2.95. The molecule has 1 aliphatic heterocycles. The number of urea groups is 1. The normalized spacial score (nSPS) is 15.6. The number of benzene rings is 2. The quantitative estimate of drug-likeness (QED) is 0.713. The highest BCUT2D eigenvalue weighted by molar-refractivity contribution is 7.94.